The molecule has 0 saturated carbocycles. The fraction of sp³-hybridized carbons (Fsp3) is 0.320. The van der Waals surface area contributed by atoms with Gasteiger partial charge in [-0.1, -0.05) is 41.6 Å². The van der Waals surface area contributed by atoms with Crippen molar-refractivity contribution in [2.75, 3.05) is 22.9 Å². The van der Waals surface area contributed by atoms with Gasteiger partial charge in [-0.25, -0.2) is 4.99 Å². The molecule has 4 rings (SSSR count). The van der Waals surface area contributed by atoms with E-state index in [0.717, 1.165) is 57.6 Å². The second kappa shape index (κ2) is 9.20. The van der Waals surface area contributed by atoms with Gasteiger partial charge in [0.25, 0.3) is 5.91 Å². The van der Waals surface area contributed by atoms with E-state index in [1.807, 2.05) is 57.2 Å². The lowest BCUT2D eigenvalue weighted by Crippen LogP contribution is -2.43. The average Bonchev–Trinajstić information content (AvgIpc) is 2.75. The first kappa shape index (κ1) is 22.1. The minimum absolute atomic E-state index is 0.110. The van der Waals surface area contributed by atoms with Crippen molar-refractivity contribution >= 4 is 40.1 Å². The Morgan fingerprint density at radius 2 is 1.81 bits per heavy atom. The van der Waals surface area contributed by atoms with Crippen LogP contribution in [-0.2, 0) is 9.59 Å². The van der Waals surface area contributed by atoms with Crippen LogP contribution in [0.4, 0.5) is 11.4 Å². The first-order valence-corrected chi connectivity index (χ1v) is 11.8. The van der Waals surface area contributed by atoms with E-state index in [4.69, 9.17) is 4.99 Å². The van der Waals surface area contributed by atoms with E-state index in [9.17, 15) is 9.59 Å². The molecular weight excluding hydrogens is 420 g/mol. The summed E-state index contributed by atoms with van der Waals surface area (Å²) in [6.07, 6.45) is 1.04. The maximum Gasteiger partial charge on any atom is 0.255 e. The fourth-order valence-electron chi connectivity index (χ4n) is 4.20. The predicted octanol–water partition coefficient (Wildman–Crippen LogP) is 5.02. The van der Waals surface area contributed by atoms with Gasteiger partial charge in [0.15, 0.2) is 5.17 Å². The quantitative estimate of drug-likeness (QED) is 0.688. The lowest BCUT2D eigenvalue weighted by Gasteiger charge is -2.41. The number of hydrogen-bond acceptors (Lipinski definition) is 5. The number of benzene rings is 2. The average molecular weight is 449 g/mol. The Morgan fingerprint density at radius 3 is 2.50 bits per heavy atom. The zero-order valence-corrected chi connectivity index (χ0v) is 19.7. The molecule has 2 amide bonds. The number of nitrogens with one attached hydrogen (secondary N) is 2. The summed E-state index contributed by atoms with van der Waals surface area (Å²) in [7, 11) is 0. The van der Waals surface area contributed by atoms with Crippen LogP contribution in [0.15, 0.2) is 58.7 Å². The van der Waals surface area contributed by atoms with Crippen LogP contribution in [-0.4, -0.2) is 34.2 Å². The number of anilines is 2. The number of amides is 2. The smallest absolute Gasteiger partial charge is 0.255 e. The third kappa shape index (κ3) is 4.58. The summed E-state index contributed by atoms with van der Waals surface area (Å²) in [5.41, 5.74) is 6.13. The van der Waals surface area contributed by atoms with Crippen LogP contribution in [0.2, 0.25) is 0 Å². The van der Waals surface area contributed by atoms with Crippen molar-refractivity contribution in [3.05, 3.63) is 70.4 Å². The topological polar surface area (TPSA) is 73.8 Å². The Kier molecular flexibility index (Phi) is 6.37. The molecule has 0 spiro atoms. The molecule has 2 N–H and O–H groups in total. The van der Waals surface area contributed by atoms with E-state index in [1.165, 1.54) is 6.92 Å². The second-order valence-electron chi connectivity index (χ2n) is 8.27. The van der Waals surface area contributed by atoms with Gasteiger partial charge in [0.2, 0.25) is 5.91 Å². The van der Waals surface area contributed by atoms with Gasteiger partial charge >= 0.3 is 0 Å². The third-order valence-electron chi connectivity index (χ3n) is 5.68. The van der Waals surface area contributed by atoms with Crippen molar-refractivity contribution in [2.24, 2.45) is 4.99 Å². The van der Waals surface area contributed by atoms with Gasteiger partial charge < -0.3 is 15.5 Å². The van der Waals surface area contributed by atoms with E-state index in [2.05, 4.69) is 21.6 Å². The zero-order valence-electron chi connectivity index (χ0n) is 18.9. The predicted molar refractivity (Wildman–Crippen MR) is 132 cm³/mol. The number of fused-ring (bicyclic) bond motifs is 1. The highest BCUT2D eigenvalue weighted by Gasteiger charge is 2.37. The Morgan fingerprint density at radius 1 is 1.06 bits per heavy atom. The molecule has 1 saturated heterocycles. The molecule has 166 valence electrons. The van der Waals surface area contributed by atoms with Crippen LogP contribution in [0.5, 0.6) is 0 Å². The van der Waals surface area contributed by atoms with Crippen molar-refractivity contribution in [2.45, 2.75) is 40.2 Å². The van der Waals surface area contributed by atoms with Crippen LogP contribution in [0.3, 0.4) is 0 Å². The van der Waals surface area contributed by atoms with Crippen molar-refractivity contribution in [3.8, 4) is 0 Å². The first-order chi connectivity index (χ1) is 15.3. The number of nitrogens with zero attached hydrogens (tertiary/aromatic N) is 2. The summed E-state index contributed by atoms with van der Waals surface area (Å²) >= 11 is 1.74. The molecule has 6 nitrogen and oxygen atoms in total. The van der Waals surface area contributed by atoms with Crippen molar-refractivity contribution in [1.82, 2.24) is 4.90 Å². The summed E-state index contributed by atoms with van der Waals surface area (Å²) in [6.45, 7) is 8.29. The summed E-state index contributed by atoms with van der Waals surface area (Å²) in [6, 6.07) is 13.5. The summed E-state index contributed by atoms with van der Waals surface area (Å²) < 4.78 is 0. The molecule has 0 aliphatic carbocycles. The Balaban J connectivity index is 1.72. The van der Waals surface area contributed by atoms with E-state index in [1.54, 1.807) is 11.8 Å². The van der Waals surface area contributed by atoms with Gasteiger partial charge in [0, 0.05) is 30.6 Å². The lowest BCUT2D eigenvalue weighted by molar-refractivity contribution is -0.114. The molecule has 0 aromatic heterocycles. The van der Waals surface area contributed by atoms with Gasteiger partial charge in [0.05, 0.1) is 17.3 Å². The molecule has 0 radical (unpaired) electrons. The van der Waals surface area contributed by atoms with Crippen LogP contribution in [0.25, 0.3) is 0 Å². The molecule has 32 heavy (non-hydrogen) atoms. The Bertz CT molecular complexity index is 1120. The highest BCUT2D eigenvalue weighted by molar-refractivity contribution is 8.13. The standard InChI is InChI=1S/C25H28N4O2S/c1-15-6-11-21(16(2)14-15)28-24(31)22-17(3)26-25-29(12-5-13-32-25)23(22)19-7-9-20(10-8-19)27-18(4)30/h6-11,14,23H,5,12-13H2,1-4H3,(H,27,30)(H,28,31). The van der Waals surface area contributed by atoms with E-state index in [-0.39, 0.29) is 17.9 Å². The van der Waals surface area contributed by atoms with Gasteiger partial charge in [-0.05, 0) is 56.5 Å². The zero-order chi connectivity index (χ0) is 22.8. The van der Waals surface area contributed by atoms with Crippen molar-refractivity contribution in [1.29, 1.82) is 0 Å². The molecule has 0 bridgehead atoms. The fourth-order valence-corrected chi connectivity index (χ4v) is 5.22. The van der Waals surface area contributed by atoms with Crippen molar-refractivity contribution in [3.63, 3.8) is 0 Å². The molecule has 1 fully saturated rings. The number of rotatable bonds is 4. The molecule has 2 aliphatic heterocycles. The number of carbonyl (C=O) groups is 2. The van der Waals surface area contributed by atoms with Crippen LogP contribution < -0.4 is 10.6 Å². The van der Waals surface area contributed by atoms with E-state index in [0.29, 0.717) is 5.57 Å². The normalized spacial score (nSPS) is 18.1. The molecule has 2 aromatic rings. The molecule has 1 unspecified atom stereocenters. The van der Waals surface area contributed by atoms with Gasteiger partial charge in [0.1, 0.15) is 0 Å². The number of aliphatic imine (C=N–C) groups is 1. The summed E-state index contributed by atoms with van der Waals surface area (Å²) in [5.74, 6) is 0.784. The van der Waals surface area contributed by atoms with Gasteiger partial charge in [-0.3, -0.25) is 9.59 Å². The number of thioether (sulfide) groups is 1. The highest BCUT2D eigenvalue weighted by atomic mass is 32.2. The number of carbonyl (C=O) groups excluding carboxylic acids is 2. The highest BCUT2D eigenvalue weighted by Crippen LogP contribution is 2.40. The number of aryl methyl sites for hydroxylation is 2. The van der Waals surface area contributed by atoms with Crippen LogP contribution >= 0.6 is 11.8 Å². The monoisotopic (exact) mass is 448 g/mol. The van der Waals surface area contributed by atoms with Crippen molar-refractivity contribution < 1.29 is 9.59 Å². The molecule has 2 aliphatic rings. The number of amidine groups is 1. The molecular formula is C25H28N4O2S. The maximum absolute atomic E-state index is 13.6. The third-order valence-corrected chi connectivity index (χ3v) is 6.76. The largest absolute Gasteiger partial charge is 0.340 e. The van der Waals surface area contributed by atoms with Crippen LogP contribution in [0, 0.1) is 13.8 Å². The molecule has 2 heterocycles. The first-order valence-electron chi connectivity index (χ1n) is 10.8. The maximum atomic E-state index is 13.6. The Hall–Kier alpha value is -3.06. The molecule has 7 heteroatoms. The van der Waals surface area contributed by atoms with Gasteiger partial charge in [-0.15, -0.1) is 0 Å². The van der Waals surface area contributed by atoms with E-state index < -0.39 is 0 Å². The SMILES string of the molecule is CC(=O)Nc1ccc(C2C(C(=O)Nc3ccc(C)cc3C)=C(C)N=C3SCCCN32)cc1. The van der Waals surface area contributed by atoms with Crippen LogP contribution in [0.1, 0.15) is 43.0 Å². The molecule has 1 atom stereocenters. The van der Waals surface area contributed by atoms with Gasteiger partial charge in [-0.2, -0.15) is 0 Å². The lowest BCUT2D eigenvalue weighted by atomic mass is 9.93. The Labute approximate surface area is 193 Å². The molecule has 2 aromatic carbocycles. The number of hydrogen-bond donors (Lipinski definition) is 2. The minimum Gasteiger partial charge on any atom is -0.340 e. The second-order valence-corrected chi connectivity index (χ2v) is 9.33. The minimum atomic E-state index is -0.229. The number of allylic oxidation sites excluding steroid dienone is 1. The summed E-state index contributed by atoms with van der Waals surface area (Å²) in [5, 5.41) is 6.89. The van der Waals surface area contributed by atoms with E-state index >= 15 is 0 Å². The summed E-state index contributed by atoms with van der Waals surface area (Å²) in [4.78, 5) is 32.0.